The molecule has 12 heavy (non-hydrogen) atoms. The molecule has 0 aliphatic rings. The summed E-state index contributed by atoms with van der Waals surface area (Å²) in [5.74, 6) is 0.757. The molecule has 2 aromatic rings. The third-order valence-electron chi connectivity index (χ3n) is 1.42. The maximum absolute atomic E-state index is 5.31. The van der Waals surface area contributed by atoms with E-state index in [0.29, 0.717) is 3.90 Å². The molecule has 0 amide bonds. The Morgan fingerprint density at radius 3 is 2.83 bits per heavy atom. The second kappa shape index (κ2) is 3.22. The third-order valence-corrected chi connectivity index (χ3v) is 1.92. The maximum atomic E-state index is 5.31. The van der Waals surface area contributed by atoms with Gasteiger partial charge in [-0.1, -0.05) is 0 Å². The minimum atomic E-state index is 0.645. The van der Waals surface area contributed by atoms with E-state index in [4.69, 9.17) is 4.42 Å². The Morgan fingerprint density at radius 2 is 2.25 bits per heavy atom. The number of halogens is 1. The lowest BCUT2D eigenvalue weighted by Gasteiger charge is -1.91. The van der Waals surface area contributed by atoms with Gasteiger partial charge in [-0.05, 0) is 12.1 Å². The summed E-state index contributed by atoms with van der Waals surface area (Å²) in [6.45, 7) is 0. The number of nitrogens with zero attached hydrogens (tertiary/aromatic N) is 2. The van der Waals surface area contributed by atoms with Gasteiger partial charge in [-0.2, -0.15) is 0 Å². The molecule has 60 valence electrons. The zero-order chi connectivity index (χ0) is 8.39. The predicted molar refractivity (Wildman–Crippen MR) is 52.5 cm³/mol. The van der Waals surface area contributed by atoms with Gasteiger partial charge in [-0.25, -0.2) is 4.98 Å². The van der Waals surface area contributed by atoms with Crippen molar-refractivity contribution in [3.05, 3.63) is 34.6 Å². The van der Waals surface area contributed by atoms with Crippen LogP contribution in [0.1, 0.15) is 0 Å². The number of hydrogen-bond donors (Lipinski definition) is 0. The number of aromatic nitrogens is 2. The van der Waals surface area contributed by atoms with E-state index < -0.39 is 0 Å². The topological polar surface area (TPSA) is 38.9 Å². The van der Waals surface area contributed by atoms with Crippen LogP contribution in [0.2, 0.25) is 0 Å². The summed E-state index contributed by atoms with van der Waals surface area (Å²) >= 11 is 2.03. The van der Waals surface area contributed by atoms with E-state index in [9.17, 15) is 0 Å². The van der Waals surface area contributed by atoms with Crippen LogP contribution >= 0.6 is 22.6 Å². The number of hydrogen-bond acceptors (Lipinski definition) is 3. The minimum absolute atomic E-state index is 0.645. The molecule has 0 unspecified atom stereocenters. The smallest absolute Gasteiger partial charge is 0.257 e. The standard InChI is InChI=1S/C8H5IN2O/c9-8-11-5-7(12-8)6-2-1-3-10-4-6/h1-5H. The van der Waals surface area contributed by atoms with Crippen molar-refractivity contribution >= 4 is 22.6 Å². The second-order valence-corrected chi connectivity index (χ2v) is 3.14. The minimum Gasteiger partial charge on any atom is -0.432 e. The van der Waals surface area contributed by atoms with E-state index in [2.05, 4.69) is 9.97 Å². The molecule has 0 radical (unpaired) electrons. The Balaban J connectivity index is 2.45. The number of rotatable bonds is 1. The van der Waals surface area contributed by atoms with Crippen LogP contribution in [0, 0.1) is 3.90 Å². The summed E-state index contributed by atoms with van der Waals surface area (Å²) in [6, 6.07) is 3.80. The van der Waals surface area contributed by atoms with Gasteiger partial charge < -0.3 is 4.42 Å². The van der Waals surface area contributed by atoms with E-state index in [1.165, 1.54) is 0 Å². The molecule has 3 nitrogen and oxygen atoms in total. The van der Waals surface area contributed by atoms with Crippen LogP contribution in [-0.4, -0.2) is 9.97 Å². The Bertz CT molecular complexity index is 372. The van der Waals surface area contributed by atoms with Crippen molar-refractivity contribution < 1.29 is 4.42 Å². The Morgan fingerprint density at radius 1 is 1.33 bits per heavy atom. The Hall–Kier alpha value is -0.910. The lowest BCUT2D eigenvalue weighted by atomic mass is 10.2. The van der Waals surface area contributed by atoms with Gasteiger partial charge in [-0.3, -0.25) is 4.98 Å². The van der Waals surface area contributed by atoms with Crippen LogP contribution < -0.4 is 0 Å². The second-order valence-electron chi connectivity index (χ2n) is 2.22. The van der Waals surface area contributed by atoms with Crippen molar-refractivity contribution in [2.24, 2.45) is 0 Å². The highest BCUT2D eigenvalue weighted by atomic mass is 127. The molecule has 0 aliphatic heterocycles. The van der Waals surface area contributed by atoms with Gasteiger partial charge in [0, 0.05) is 40.5 Å². The Labute approximate surface area is 83.0 Å². The van der Waals surface area contributed by atoms with Gasteiger partial charge in [0.15, 0.2) is 5.76 Å². The van der Waals surface area contributed by atoms with Crippen molar-refractivity contribution in [3.63, 3.8) is 0 Å². The largest absolute Gasteiger partial charge is 0.432 e. The first-order chi connectivity index (χ1) is 5.86. The molecule has 0 atom stereocenters. The summed E-state index contributed by atoms with van der Waals surface area (Å²) in [6.07, 6.45) is 5.17. The molecule has 4 heteroatoms. The molecule has 0 saturated heterocycles. The monoisotopic (exact) mass is 272 g/mol. The van der Waals surface area contributed by atoms with Crippen LogP contribution in [0.4, 0.5) is 0 Å². The summed E-state index contributed by atoms with van der Waals surface area (Å²) in [4.78, 5) is 7.97. The molecular formula is C8H5IN2O. The molecule has 2 rings (SSSR count). The highest BCUT2D eigenvalue weighted by Crippen LogP contribution is 2.19. The first-order valence-electron chi connectivity index (χ1n) is 3.38. The SMILES string of the molecule is Ic1ncc(-c2cccnc2)o1. The molecule has 0 spiro atoms. The molecule has 2 aromatic heterocycles. The van der Waals surface area contributed by atoms with E-state index in [1.54, 1.807) is 18.6 Å². The molecule has 2 heterocycles. The lowest BCUT2D eigenvalue weighted by Crippen LogP contribution is -1.74. The molecule has 0 bridgehead atoms. The van der Waals surface area contributed by atoms with Gasteiger partial charge in [0.05, 0.1) is 6.20 Å². The summed E-state index contributed by atoms with van der Waals surface area (Å²) in [5, 5.41) is 0. The van der Waals surface area contributed by atoms with Crippen LogP contribution in [0.5, 0.6) is 0 Å². The molecule has 0 N–H and O–H groups in total. The van der Waals surface area contributed by atoms with Crippen molar-refractivity contribution in [1.29, 1.82) is 0 Å². The summed E-state index contributed by atoms with van der Waals surface area (Å²) < 4.78 is 5.95. The Kier molecular flexibility index (Phi) is 2.07. The van der Waals surface area contributed by atoms with Crippen LogP contribution in [0.3, 0.4) is 0 Å². The fraction of sp³-hybridized carbons (Fsp3) is 0. The fourth-order valence-corrected chi connectivity index (χ4v) is 1.27. The molecule has 0 aliphatic carbocycles. The summed E-state index contributed by atoms with van der Waals surface area (Å²) in [5.41, 5.74) is 0.952. The van der Waals surface area contributed by atoms with Crippen molar-refractivity contribution in [3.8, 4) is 11.3 Å². The molecule has 0 aromatic carbocycles. The first kappa shape index (κ1) is 7.72. The van der Waals surface area contributed by atoms with E-state index in [-0.39, 0.29) is 0 Å². The number of pyridine rings is 1. The van der Waals surface area contributed by atoms with Crippen LogP contribution in [0.15, 0.2) is 35.1 Å². The highest BCUT2D eigenvalue weighted by molar-refractivity contribution is 14.1. The molecule has 0 fully saturated rings. The van der Waals surface area contributed by atoms with E-state index in [0.717, 1.165) is 11.3 Å². The quantitative estimate of drug-likeness (QED) is 0.748. The number of oxazole rings is 1. The predicted octanol–water partition coefficient (Wildman–Crippen LogP) is 2.34. The lowest BCUT2D eigenvalue weighted by molar-refractivity contribution is 0.538. The highest BCUT2D eigenvalue weighted by Gasteiger charge is 2.02. The van der Waals surface area contributed by atoms with Gasteiger partial charge in [0.2, 0.25) is 0 Å². The molecule has 0 saturated carbocycles. The average molecular weight is 272 g/mol. The van der Waals surface area contributed by atoms with Gasteiger partial charge in [0.1, 0.15) is 0 Å². The molecular weight excluding hydrogens is 267 g/mol. The van der Waals surface area contributed by atoms with E-state index >= 15 is 0 Å². The zero-order valence-corrected chi connectivity index (χ0v) is 8.22. The summed E-state index contributed by atoms with van der Waals surface area (Å²) in [7, 11) is 0. The van der Waals surface area contributed by atoms with Crippen molar-refractivity contribution in [2.45, 2.75) is 0 Å². The van der Waals surface area contributed by atoms with Crippen LogP contribution in [0.25, 0.3) is 11.3 Å². The average Bonchev–Trinajstić information content (AvgIpc) is 2.54. The zero-order valence-electron chi connectivity index (χ0n) is 6.07. The van der Waals surface area contributed by atoms with Gasteiger partial charge in [-0.15, -0.1) is 0 Å². The van der Waals surface area contributed by atoms with Crippen molar-refractivity contribution in [2.75, 3.05) is 0 Å². The van der Waals surface area contributed by atoms with Crippen molar-refractivity contribution in [1.82, 2.24) is 9.97 Å². The van der Waals surface area contributed by atoms with E-state index in [1.807, 2.05) is 34.7 Å². The maximum Gasteiger partial charge on any atom is 0.257 e. The van der Waals surface area contributed by atoms with Gasteiger partial charge in [0.25, 0.3) is 3.90 Å². The van der Waals surface area contributed by atoms with Gasteiger partial charge >= 0.3 is 0 Å². The normalized spacial score (nSPS) is 10.1. The first-order valence-corrected chi connectivity index (χ1v) is 4.46. The fourth-order valence-electron chi connectivity index (χ4n) is 0.895. The van der Waals surface area contributed by atoms with Crippen LogP contribution in [-0.2, 0) is 0 Å². The third kappa shape index (κ3) is 1.47.